The molecule has 6 heteroatoms. The highest BCUT2D eigenvalue weighted by Crippen LogP contribution is 2.20. The van der Waals surface area contributed by atoms with E-state index in [0.29, 0.717) is 13.2 Å². The monoisotopic (exact) mass is 308 g/mol. The molecular weight excluding hydrogens is 284 g/mol. The summed E-state index contributed by atoms with van der Waals surface area (Å²) in [5.74, 6) is -0.768. The molecule has 22 heavy (non-hydrogen) atoms. The zero-order valence-corrected chi connectivity index (χ0v) is 13.5. The maximum Gasteiger partial charge on any atom is 0.317 e. The van der Waals surface area contributed by atoms with Gasteiger partial charge < -0.3 is 20.1 Å². The van der Waals surface area contributed by atoms with E-state index in [4.69, 9.17) is 9.84 Å². The fourth-order valence-electron chi connectivity index (χ4n) is 1.98. The van der Waals surface area contributed by atoms with Crippen molar-refractivity contribution in [1.82, 2.24) is 10.2 Å². The summed E-state index contributed by atoms with van der Waals surface area (Å²) in [5, 5.41) is 11.6. The second kappa shape index (κ2) is 8.26. The number of carbonyl (C=O) groups is 2. The third kappa shape index (κ3) is 5.27. The fourth-order valence-corrected chi connectivity index (χ4v) is 1.98. The molecule has 1 rings (SSSR count). The van der Waals surface area contributed by atoms with E-state index in [1.807, 2.05) is 32.0 Å². The van der Waals surface area contributed by atoms with E-state index < -0.39 is 11.9 Å². The van der Waals surface area contributed by atoms with Gasteiger partial charge in [0.15, 0.2) is 0 Å². The van der Waals surface area contributed by atoms with Gasteiger partial charge in [0.05, 0.1) is 12.5 Å². The topological polar surface area (TPSA) is 78.9 Å². The fraction of sp³-hybridized carbons (Fsp3) is 0.500. The zero-order chi connectivity index (χ0) is 16.7. The summed E-state index contributed by atoms with van der Waals surface area (Å²) in [6, 6.07) is 5.50. The molecule has 0 fully saturated rings. The maximum absolute atomic E-state index is 12.0. The normalized spacial score (nSPS) is 11.6. The van der Waals surface area contributed by atoms with Crippen molar-refractivity contribution in [2.45, 2.75) is 27.3 Å². The van der Waals surface area contributed by atoms with Crippen molar-refractivity contribution in [2.24, 2.45) is 5.92 Å². The lowest BCUT2D eigenvalue weighted by Crippen LogP contribution is -2.40. The molecule has 0 radical (unpaired) electrons. The van der Waals surface area contributed by atoms with E-state index in [1.54, 1.807) is 14.0 Å². The molecule has 1 aromatic rings. The predicted octanol–water partition coefficient (Wildman–Crippen LogP) is 2.26. The number of nitrogens with zero attached hydrogens (tertiary/aromatic N) is 1. The molecule has 0 aliphatic rings. The Morgan fingerprint density at radius 3 is 2.68 bits per heavy atom. The number of aliphatic carboxylic acids is 1. The van der Waals surface area contributed by atoms with Crippen LogP contribution in [0.3, 0.4) is 0 Å². The SMILES string of the molecule is CCOc1cc(C)ccc1CNC(=O)N(C)CC(C)C(=O)O. The first kappa shape index (κ1) is 17.8. The molecule has 1 atom stereocenters. The number of carbonyl (C=O) groups excluding carboxylic acids is 1. The molecule has 0 heterocycles. The molecule has 0 bridgehead atoms. The first-order chi connectivity index (χ1) is 10.3. The van der Waals surface area contributed by atoms with Crippen molar-refractivity contribution < 1.29 is 19.4 Å². The van der Waals surface area contributed by atoms with Crippen LogP contribution in [0.1, 0.15) is 25.0 Å². The highest BCUT2D eigenvalue weighted by Gasteiger charge is 2.17. The lowest BCUT2D eigenvalue weighted by atomic mass is 10.1. The van der Waals surface area contributed by atoms with E-state index in [2.05, 4.69) is 5.32 Å². The van der Waals surface area contributed by atoms with E-state index in [1.165, 1.54) is 4.90 Å². The molecule has 2 amide bonds. The van der Waals surface area contributed by atoms with Gasteiger partial charge in [-0.05, 0) is 25.5 Å². The smallest absolute Gasteiger partial charge is 0.317 e. The number of rotatable bonds is 7. The minimum atomic E-state index is -0.920. The number of benzene rings is 1. The van der Waals surface area contributed by atoms with Crippen LogP contribution in [-0.4, -0.2) is 42.2 Å². The maximum atomic E-state index is 12.0. The first-order valence-corrected chi connectivity index (χ1v) is 7.29. The second-order valence-corrected chi connectivity index (χ2v) is 5.32. The molecule has 0 saturated carbocycles. The van der Waals surface area contributed by atoms with Crippen LogP contribution in [-0.2, 0) is 11.3 Å². The molecule has 0 saturated heterocycles. The minimum absolute atomic E-state index is 0.160. The Kier molecular flexibility index (Phi) is 6.69. The lowest BCUT2D eigenvalue weighted by molar-refractivity contribution is -0.141. The second-order valence-electron chi connectivity index (χ2n) is 5.32. The molecule has 0 aliphatic heterocycles. The molecule has 0 spiro atoms. The number of hydrogen-bond acceptors (Lipinski definition) is 3. The molecule has 0 aliphatic carbocycles. The average molecular weight is 308 g/mol. The lowest BCUT2D eigenvalue weighted by Gasteiger charge is -2.20. The molecule has 122 valence electrons. The summed E-state index contributed by atoms with van der Waals surface area (Å²) in [7, 11) is 1.58. The largest absolute Gasteiger partial charge is 0.494 e. The van der Waals surface area contributed by atoms with Gasteiger partial charge in [0.2, 0.25) is 0 Å². The van der Waals surface area contributed by atoms with Gasteiger partial charge in [-0.2, -0.15) is 0 Å². The minimum Gasteiger partial charge on any atom is -0.494 e. The number of nitrogens with one attached hydrogen (secondary N) is 1. The van der Waals surface area contributed by atoms with Crippen molar-refractivity contribution in [1.29, 1.82) is 0 Å². The van der Waals surface area contributed by atoms with Crippen LogP contribution >= 0.6 is 0 Å². The Labute approximate surface area is 131 Å². The van der Waals surface area contributed by atoms with Crippen molar-refractivity contribution >= 4 is 12.0 Å². The Morgan fingerprint density at radius 1 is 1.41 bits per heavy atom. The first-order valence-electron chi connectivity index (χ1n) is 7.29. The van der Waals surface area contributed by atoms with Gasteiger partial charge in [-0.3, -0.25) is 4.79 Å². The van der Waals surface area contributed by atoms with Crippen molar-refractivity contribution in [3.63, 3.8) is 0 Å². The Hall–Kier alpha value is -2.24. The van der Waals surface area contributed by atoms with Crippen molar-refractivity contribution in [2.75, 3.05) is 20.2 Å². The summed E-state index contributed by atoms with van der Waals surface area (Å²) in [4.78, 5) is 24.2. The van der Waals surface area contributed by atoms with Crippen LogP contribution in [0.25, 0.3) is 0 Å². The van der Waals surface area contributed by atoms with Gasteiger partial charge in [0, 0.05) is 25.7 Å². The quantitative estimate of drug-likeness (QED) is 0.810. The standard InChI is InChI=1S/C16H24N2O4/c1-5-22-14-8-11(2)6-7-13(14)9-17-16(21)18(4)10-12(3)15(19)20/h6-8,12H,5,9-10H2,1-4H3,(H,17,21)(H,19,20). The number of carboxylic acid groups (broad SMARTS) is 1. The molecule has 1 unspecified atom stereocenters. The Bertz CT molecular complexity index is 531. The van der Waals surface area contributed by atoms with Gasteiger partial charge >= 0.3 is 12.0 Å². The van der Waals surface area contributed by atoms with E-state index in [9.17, 15) is 9.59 Å². The summed E-state index contributed by atoms with van der Waals surface area (Å²) < 4.78 is 5.56. The third-order valence-corrected chi connectivity index (χ3v) is 3.27. The van der Waals surface area contributed by atoms with Gasteiger partial charge in [0.1, 0.15) is 5.75 Å². The Balaban J connectivity index is 2.62. The number of aryl methyl sites for hydroxylation is 1. The van der Waals surface area contributed by atoms with Gasteiger partial charge in [-0.15, -0.1) is 0 Å². The molecule has 6 nitrogen and oxygen atoms in total. The van der Waals surface area contributed by atoms with E-state index in [0.717, 1.165) is 16.9 Å². The van der Waals surface area contributed by atoms with Gasteiger partial charge in [-0.1, -0.05) is 19.1 Å². The summed E-state index contributed by atoms with van der Waals surface area (Å²) in [6.07, 6.45) is 0. The predicted molar refractivity (Wildman–Crippen MR) is 84.0 cm³/mol. The van der Waals surface area contributed by atoms with Crippen LogP contribution in [0, 0.1) is 12.8 Å². The third-order valence-electron chi connectivity index (χ3n) is 3.27. The molecule has 2 N–H and O–H groups in total. The summed E-state index contributed by atoms with van der Waals surface area (Å²) >= 11 is 0. The number of carboxylic acids is 1. The van der Waals surface area contributed by atoms with Crippen LogP contribution in [0.2, 0.25) is 0 Å². The van der Waals surface area contributed by atoms with Crippen LogP contribution in [0.5, 0.6) is 5.75 Å². The Morgan fingerprint density at radius 2 is 2.09 bits per heavy atom. The zero-order valence-electron chi connectivity index (χ0n) is 13.5. The summed E-state index contributed by atoms with van der Waals surface area (Å²) in [6.45, 7) is 6.50. The molecule has 0 aromatic heterocycles. The number of ether oxygens (including phenoxy) is 1. The highest BCUT2D eigenvalue weighted by molar-refractivity contribution is 5.75. The number of urea groups is 1. The van der Waals surface area contributed by atoms with Crippen LogP contribution in [0.15, 0.2) is 18.2 Å². The highest BCUT2D eigenvalue weighted by atomic mass is 16.5. The van der Waals surface area contributed by atoms with Crippen LogP contribution in [0.4, 0.5) is 4.79 Å². The summed E-state index contributed by atoms with van der Waals surface area (Å²) in [5.41, 5.74) is 1.98. The van der Waals surface area contributed by atoms with E-state index in [-0.39, 0.29) is 12.6 Å². The average Bonchev–Trinajstić information content (AvgIpc) is 2.46. The molecular formula is C16H24N2O4. The number of hydrogen-bond donors (Lipinski definition) is 2. The van der Waals surface area contributed by atoms with Crippen LogP contribution < -0.4 is 10.1 Å². The van der Waals surface area contributed by atoms with Crippen molar-refractivity contribution in [3.05, 3.63) is 29.3 Å². The van der Waals surface area contributed by atoms with E-state index >= 15 is 0 Å². The van der Waals surface area contributed by atoms with Gasteiger partial charge in [-0.25, -0.2) is 4.79 Å². The molecule has 1 aromatic carbocycles. The van der Waals surface area contributed by atoms with Crippen molar-refractivity contribution in [3.8, 4) is 5.75 Å². The number of amides is 2. The van der Waals surface area contributed by atoms with Gasteiger partial charge in [0.25, 0.3) is 0 Å².